The summed E-state index contributed by atoms with van der Waals surface area (Å²) in [5.74, 6) is -0.349. The number of anilines is 1. The van der Waals surface area contributed by atoms with Crippen molar-refractivity contribution in [2.24, 2.45) is 5.92 Å². The highest BCUT2D eigenvalue weighted by molar-refractivity contribution is 5.92. The van der Waals surface area contributed by atoms with Crippen molar-refractivity contribution in [2.75, 3.05) is 18.5 Å². The lowest BCUT2D eigenvalue weighted by atomic mass is 9.81. The number of aromatic nitrogens is 1. The molecule has 1 aromatic heterocycles. The number of hydrogen-bond donors (Lipinski definition) is 2. The van der Waals surface area contributed by atoms with E-state index in [1.54, 1.807) is 6.07 Å². The molecular formula is C18H25N3O4. The molecule has 1 aromatic rings. The molecule has 25 heavy (non-hydrogen) atoms. The number of hydrogen-bond acceptors (Lipinski definition) is 4. The van der Waals surface area contributed by atoms with Crippen molar-refractivity contribution in [1.82, 2.24) is 9.88 Å². The normalized spacial score (nSPS) is 26.3. The van der Waals surface area contributed by atoms with Gasteiger partial charge in [0.05, 0.1) is 12.1 Å². The Kier molecular flexibility index (Phi) is 4.94. The Bertz CT molecular complexity index is 742. The number of nitrogens with zero attached hydrogens (tertiary/aromatic N) is 1. The first kappa shape index (κ1) is 17.7. The number of nitrogens with one attached hydrogen (secondary N) is 2. The van der Waals surface area contributed by atoms with E-state index in [1.165, 1.54) is 0 Å². The minimum atomic E-state index is -0.290. The Hall–Kier alpha value is -2.15. The number of carbonyl (C=O) groups excluding carboxylic acids is 2. The largest absolute Gasteiger partial charge is 0.366 e. The van der Waals surface area contributed by atoms with Crippen LogP contribution in [0.2, 0.25) is 0 Å². The standard InChI is InChI=1S/C18H25N3O4/c1-4-21-14-6-5-12(8-15(14)25-9-16(21)22)17(23)20-13-7-10(2)11(3)19-18(13)24/h7,12,14-15H,4-6,8-9H2,1-3H3,(H,19,24)(H,20,23)/t12-,14-,15-/m0/s1. The number of H-pyrrole nitrogens is 1. The van der Waals surface area contributed by atoms with Crippen LogP contribution < -0.4 is 10.9 Å². The molecule has 136 valence electrons. The van der Waals surface area contributed by atoms with Gasteiger partial charge in [-0.1, -0.05) is 0 Å². The molecule has 0 unspecified atom stereocenters. The number of aryl methyl sites for hydroxylation is 2. The first-order valence-corrected chi connectivity index (χ1v) is 8.83. The molecule has 0 bridgehead atoms. The van der Waals surface area contributed by atoms with Crippen molar-refractivity contribution in [1.29, 1.82) is 0 Å². The van der Waals surface area contributed by atoms with Gasteiger partial charge < -0.3 is 19.9 Å². The van der Waals surface area contributed by atoms with Crippen molar-refractivity contribution in [3.63, 3.8) is 0 Å². The average Bonchev–Trinajstić information content (AvgIpc) is 2.59. The molecule has 1 saturated heterocycles. The smallest absolute Gasteiger partial charge is 0.271 e. The van der Waals surface area contributed by atoms with Crippen LogP contribution in [0, 0.1) is 19.8 Å². The molecule has 7 heteroatoms. The molecule has 1 aliphatic heterocycles. The van der Waals surface area contributed by atoms with E-state index < -0.39 is 0 Å². The van der Waals surface area contributed by atoms with Gasteiger partial charge in [0.2, 0.25) is 11.8 Å². The van der Waals surface area contributed by atoms with Gasteiger partial charge in [-0.05, 0) is 51.7 Å². The van der Waals surface area contributed by atoms with Gasteiger partial charge in [-0.15, -0.1) is 0 Å². The molecule has 1 aliphatic carbocycles. The summed E-state index contributed by atoms with van der Waals surface area (Å²) in [4.78, 5) is 41.1. The second kappa shape index (κ2) is 7.00. The van der Waals surface area contributed by atoms with E-state index in [0.717, 1.165) is 17.7 Å². The Morgan fingerprint density at radius 1 is 1.36 bits per heavy atom. The summed E-state index contributed by atoms with van der Waals surface area (Å²) >= 11 is 0. The third-order valence-electron chi connectivity index (χ3n) is 5.37. The molecule has 0 aromatic carbocycles. The molecule has 0 radical (unpaired) electrons. The SMILES string of the molecule is CCN1C(=O)CO[C@H]2C[C@@H](C(=O)Nc3cc(C)c(C)[nH]c3=O)CC[C@@H]21. The van der Waals surface area contributed by atoms with Crippen molar-refractivity contribution in [2.45, 2.75) is 52.2 Å². The van der Waals surface area contributed by atoms with Gasteiger partial charge in [0.25, 0.3) is 5.56 Å². The van der Waals surface area contributed by atoms with Crippen LogP contribution in [0.15, 0.2) is 10.9 Å². The Morgan fingerprint density at radius 3 is 2.84 bits per heavy atom. The quantitative estimate of drug-likeness (QED) is 0.863. The van der Waals surface area contributed by atoms with E-state index in [2.05, 4.69) is 10.3 Å². The van der Waals surface area contributed by atoms with Gasteiger partial charge in [0, 0.05) is 18.2 Å². The van der Waals surface area contributed by atoms with Crippen LogP contribution in [0.25, 0.3) is 0 Å². The molecule has 2 amide bonds. The maximum Gasteiger partial charge on any atom is 0.271 e. The van der Waals surface area contributed by atoms with Crippen LogP contribution in [0.1, 0.15) is 37.4 Å². The Morgan fingerprint density at radius 2 is 2.12 bits per heavy atom. The molecule has 2 aliphatic rings. The average molecular weight is 347 g/mol. The van der Waals surface area contributed by atoms with Gasteiger partial charge in [0.1, 0.15) is 12.3 Å². The van der Waals surface area contributed by atoms with E-state index in [-0.39, 0.29) is 47.7 Å². The van der Waals surface area contributed by atoms with Crippen LogP contribution in [0.3, 0.4) is 0 Å². The minimum absolute atomic E-state index is 0.0216. The fourth-order valence-electron chi connectivity index (χ4n) is 3.80. The topological polar surface area (TPSA) is 91.5 Å². The summed E-state index contributed by atoms with van der Waals surface area (Å²) < 4.78 is 5.68. The summed E-state index contributed by atoms with van der Waals surface area (Å²) in [6.07, 6.45) is 1.89. The van der Waals surface area contributed by atoms with E-state index in [1.807, 2.05) is 25.7 Å². The minimum Gasteiger partial charge on any atom is -0.366 e. The number of carbonyl (C=O) groups is 2. The molecule has 3 rings (SSSR count). The number of fused-ring (bicyclic) bond motifs is 1. The summed E-state index contributed by atoms with van der Waals surface area (Å²) in [6, 6.07) is 1.76. The number of likely N-dealkylation sites (N-methyl/N-ethyl adjacent to an activating group) is 1. The zero-order valence-corrected chi connectivity index (χ0v) is 14.9. The number of morpholine rings is 1. The molecule has 0 spiro atoms. The lowest BCUT2D eigenvalue weighted by molar-refractivity contribution is -0.162. The van der Waals surface area contributed by atoms with Crippen molar-refractivity contribution in [3.8, 4) is 0 Å². The first-order chi connectivity index (χ1) is 11.9. The predicted molar refractivity (Wildman–Crippen MR) is 93.4 cm³/mol. The van der Waals surface area contributed by atoms with Crippen LogP contribution in [0.4, 0.5) is 5.69 Å². The highest BCUT2D eigenvalue weighted by Gasteiger charge is 2.41. The maximum absolute atomic E-state index is 12.6. The zero-order chi connectivity index (χ0) is 18.1. The van der Waals surface area contributed by atoms with Gasteiger partial charge in [0.15, 0.2) is 0 Å². The molecule has 3 atom stereocenters. The predicted octanol–water partition coefficient (Wildman–Crippen LogP) is 1.35. The number of pyridine rings is 1. The number of aromatic amines is 1. The highest BCUT2D eigenvalue weighted by atomic mass is 16.5. The lowest BCUT2D eigenvalue weighted by Crippen LogP contribution is -2.57. The highest BCUT2D eigenvalue weighted by Crippen LogP contribution is 2.33. The summed E-state index contributed by atoms with van der Waals surface area (Å²) in [5.41, 5.74) is 1.71. The van der Waals surface area contributed by atoms with E-state index >= 15 is 0 Å². The van der Waals surface area contributed by atoms with Gasteiger partial charge in [-0.3, -0.25) is 14.4 Å². The van der Waals surface area contributed by atoms with Gasteiger partial charge in [-0.2, -0.15) is 0 Å². The Labute approximate surface area is 146 Å². The molecule has 2 fully saturated rings. The molecule has 7 nitrogen and oxygen atoms in total. The molecule has 1 saturated carbocycles. The number of ether oxygens (including phenoxy) is 1. The van der Waals surface area contributed by atoms with Crippen LogP contribution in [0.5, 0.6) is 0 Å². The third-order valence-corrected chi connectivity index (χ3v) is 5.37. The van der Waals surface area contributed by atoms with E-state index in [0.29, 0.717) is 19.4 Å². The van der Waals surface area contributed by atoms with Crippen LogP contribution in [-0.4, -0.2) is 47.0 Å². The van der Waals surface area contributed by atoms with Gasteiger partial charge in [-0.25, -0.2) is 0 Å². The fraction of sp³-hybridized carbons (Fsp3) is 0.611. The number of amides is 2. The molecule has 2 heterocycles. The van der Waals surface area contributed by atoms with Crippen molar-refractivity contribution in [3.05, 3.63) is 27.7 Å². The second-order valence-corrected chi connectivity index (χ2v) is 6.92. The second-order valence-electron chi connectivity index (χ2n) is 6.92. The van der Waals surface area contributed by atoms with E-state index in [4.69, 9.17) is 4.74 Å². The van der Waals surface area contributed by atoms with Crippen molar-refractivity contribution < 1.29 is 14.3 Å². The van der Waals surface area contributed by atoms with Crippen LogP contribution >= 0.6 is 0 Å². The fourth-order valence-corrected chi connectivity index (χ4v) is 3.80. The lowest BCUT2D eigenvalue weighted by Gasteiger charge is -2.44. The molecule has 2 N–H and O–H groups in total. The maximum atomic E-state index is 12.6. The monoisotopic (exact) mass is 347 g/mol. The summed E-state index contributed by atoms with van der Waals surface area (Å²) in [7, 11) is 0. The van der Waals surface area contributed by atoms with Crippen LogP contribution in [-0.2, 0) is 14.3 Å². The zero-order valence-electron chi connectivity index (χ0n) is 14.9. The number of rotatable bonds is 3. The third kappa shape index (κ3) is 3.46. The van der Waals surface area contributed by atoms with Gasteiger partial charge >= 0.3 is 0 Å². The first-order valence-electron chi connectivity index (χ1n) is 8.83. The molecular weight excluding hydrogens is 322 g/mol. The summed E-state index contributed by atoms with van der Waals surface area (Å²) in [6.45, 7) is 6.42. The van der Waals surface area contributed by atoms with E-state index in [9.17, 15) is 14.4 Å². The summed E-state index contributed by atoms with van der Waals surface area (Å²) in [5, 5.41) is 2.76. The Balaban J connectivity index is 1.68. The van der Waals surface area contributed by atoms with Crippen molar-refractivity contribution >= 4 is 17.5 Å².